The number of carbonyl (C=O) groups excluding carboxylic acids is 1. The van der Waals surface area contributed by atoms with E-state index in [1.807, 2.05) is 13.8 Å². The molecule has 0 unspecified atom stereocenters. The lowest BCUT2D eigenvalue weighted by Gasteiger charge is -2.31. The van der Waals surface area contributed by atoms with E-state index in [2.05, 4.69) is 10.5 Å². The highest BCUT2D eigenvalue weighted by molar-refractivity contribution is 7.88. The van der Waals surface area contributed by atoms with Crippen molar-refractivity contribution in [2.75, 3.05) is 26.4 Å². The van der Waals surface area contributed by atoms with E-state index in [0.29, 0.717) is 38.2 Å². The summed E-state index contributed by atoms with van der Waals surface area (Å²) in [4.78, 5) is 13.8. The molecule has 130 valence electrons. The van der Waals surface area contributed by atoms with E-state index >= 15 is 0 Å². The SMILES string of the molecule is Cc1noc(C)c1CN(C)C(=O)NC1CCN(S(C)(=O)=O)CC1. The van der Waals surface area contributed by atoms with Crippen LogP contribution < -0.4 is 5.32 Å². The van der Waals surface area contributed by atoms with Crippen LogP contribution >= 0.6 is 0 Å². The Labute approximate surface area is 136 Å². The molecule has 0 bridgehead atoms. The van der Waals surface area contributed by atoms with Crippen molar-refractivity contribution in [3.8, 4) is 0 Å². The molecule has 9 heteroatoms. The lowest BCUT2D eigenvalue weighted by atomic mass is 10.1. The van der Waals surface area contributed by atoms with Gasteiger partial charge in [-0.1, -0.05) is 5.16 Å². The fourth-order valence-electron chi connectivity index (χ4n) is 2.65. The van der Waals surface area contributed by atoms with Crippen LogP contribution in [0.2, 0.25) is 0 Å². The van der Waals surface area contributed by atoms with Crippen LogP contribution in [0.4, 0.5) is 4.79 Å². The van der Waals surface area contributed by atoms with Crippen LogP contribution in [-0.4, -0.2) is 61.2 Å². The average molecular weight is 344 g/mol. The Morgan fingerprint density at radius 3 is 2.48 bits per heavy atom. The number of rotatable bonds is 4. The molecule has 0 aliphatic carbocycles. The molecule has 1 aliphatic heterocycles. The van der Waals surface area contributed by atoms with E-state index in [1.165, 1.54) is 10.6 Å². The fourth-order valence-corrected chi connectivity index (χ4v) is 3.53. The van der Waals surface area contributed by atoms with E-state index in [9.17, 15) is 13.2 Å². The monoisotopic (exact) mass is 344 g/mol. The van der Waals surface area contributed by atoms with Crippen LogP contribution in [-0.2, 0) is 16.6 Å². The third-order valence-electron chi connectivity index (χ3n) is 4.17. The predicted octanol–water partition coefficient (Wildman–Crippen LogP) is 0.857. The zero-order valence-corrected chi connectivity index (χ0v) is 14.8. The van der Waals surface area contributed by atoms with Gasteiger partial charge in [0.1, 0.15) is 5.76 Å². The highest BCUT2D eigenvalue weighted by Gasteiger charge is 2.26. The summed E-state index contributed by atoms with van der Waals surface area (Å²) in [6, 6.07) is -0.185. The fraction of sp³-hybridized carbons (Fsp3) is 0.714. The van der Waals surface area contributed by atoms with Crippen molar-refractivity contribution in [3.63, 3.8) is 0 Å². The van der Waals surface area contributed by atoms with Crippen LogP contribution in [0, 0.1) is 13.8 Å². The second kappa shape index (κ2) is 6.88. The largest absolute Gasteiger partial charge is 0.361 e. The van der Waals surface area contributed by atoms with E-state index in [4.69, 9.17) is 4.52 Å². The molecule has 8 nitrogen and oxygen atoms in total. The topological polar surface area (TPSA) is 95.8 Å². The molecule has 2 heterocycles. The summed E-state index contributed by atoms with van der Waals surface area (Å²) in [5.74, 6) is 0.712. The molecule has 0 spiro atoms. The lowest BCUT2D eigenvalue weighted by molar-refractivity contribution is 0.195. The zero-order valence-electron chi connectivity index (χ0n) is 14.0. The first-order chi connectivity index (χ1) is 10.7. The second-order valence-corrected chi connectivity index (χ2v) is 8.03. The average Bonchev–Trinajstić information content (AvgIpc) is 2.78. The molecule has 2 amide bonds. The van der Waals surface area contributed by atoms with Crippen molar-refractivity contribution in [2.45, 2.75) is 39.3 Å². The minimum atomic E-state index is -3.15. The van der Waals surface area contributed by atoms with E-state index in [1.54, 1.807) is 11.9 Å². The first-order valence-corrected chi connectivity index (χ1v) is 9.42. The van der Waals surface area contributed by atoms with Crippen LogP contribution in [0.15, 0.2) is 4.52 Å². The number of piperidine rings is 1. The van der Waals surface area contributed by atoms with E-state index in [-0.39, 0.29) is 12.1 Å². The second-order valence-electron chi connectivity index (χ2n) is 6.04. The maximum Gasteiger partial charge on any atom is 0.317 e. The van der Waals surface area contributed by atoms with Crippen LogP contribution in [0.1, 0.15) is 29.9 Å². The molecule has 0 saturated carbocycles. The van der Waals surface area contributed by atoms with Crippen molar-refractivity contribution in [1.29, 1.82) is 0 Å². The van der Waals surface area contributed by atoms with Crippen molar-refractivity contribution >= 4 is 16.1 Å². The highest BCUT2D eigenvalue weighted by atomic mass is 32.2. The molecule has 0 atom stereocenters. The number of hydrogen-bond donors (Lipinski definition) is 1. The molecule has 1 N–H and O–H groups in total. The summed E-state index contributed by atoms with van der Waals surface area (Å²) in [5, 5.41) is 6.84. The molecule has 1 aromatic rings. The zero-order chi connectivity index (χ0) is 17.2. The number of nitrogens with zero attached hydrogens (tertiary/aromatic N) is 3. The minimum Gasteiger partial charge on any atom is -0.361 e. The van der Waals surface area contributed by atoms with Gasteiger partial charge in [-0.05, 0) is 26.7 Å². The molecule has 1 saturated heterocycles. The summed E-state index contributed by atoms with van der Waals surface area (Å²) >= 11 is 0. The third kappa shape index (κ3) is 4.44. The molecule has 2 rings (SSSR count). The number of hydrogen-bond acceptors (Lipinski definition) is 5. The van der Waals surface area contributed by atoms with E-state index in [0.717, 1.165) is 11.3 Å². The number of urea groups is 1. The van der Waals surface area contributed by atoms with Gasteiger partial charge in [0.25, 0.3) is 0 Å². The van der Waals surface area contributed by atoms with Gasteiger partial charge in [-0.25, -0.2) is 17.5 Å². The Bertz CT molecular complexity index is 643. The Hall–Kier alpha value is -1.61. The highest BCUT2D eigenvalue weighted by Crippen LogP contribution is 2.16. The van der Waals surface area contributed by atoms with Crippen molar-refractivity contribution in [3.05, 3.63) is 17.0 Å². The first kappa shape index (κ1) is 17.7. The van der Waals surface area contributed by atoms with Crippen LogP contribution in [0.3, 0.4) is 0 Å². The Morgan fingerprint density at radius 2 is 2.00 bits per heavy atom. The predicted molar refractivity (Wildman–Crippen MR) is 85.4 cm³/mol. The molecule has 1 fully saturated rings. The van der Waals surface area contributed by atoms with Gasteiger partial charge >= 0.3 is 6.03 Å². The molecule has 0 aromatic carbocycles. The molecule has 23 heavy (non-hydrogen) atoms. The summed E-state index contributed by atoms with van der Waals surface area (Å²) in [7, 11) is -1.43. The molecule has 0 radical (unpaired) electrons. The van der Waals surface area contributed by atoms with E-state index < -0.39 is 10.0 Å². The summed E-state index contributed by atoms with van der Waals surface area (Å²) in [5.41, 5.74) is 1.69. The standard InChI is InChI=1S/C14H24N4O4S/c1-10-13(11(2)22-16-10)9-17(3)14(19)15-12-5-7-18(8-6-12)23(4,20)21/h12H,5-9H2,1-4H3,(H,15,19). The van der Waals surface area contributed by atoms with Gasteiger partial charge in [0.15, 0.2) is 0 Å². The van der Waals surface area contributed by atoms with Gasteiger partial charge in [-0.15, -0.1) is 0 Å². The van der Waals surface area contributed by atoms with Gasteiger partial charge in [0.05, 0.1) is 18.5 Å². The van der Waals surface area contributed by atoms with Gasteiger partial charge in [-0.3, -0.25) is 0 Å². The summed E-state index contributed by atoms with van der Waals surface area (Å²) < 4.78 is 29.5. The van der Waals surface area contributed by atoms with Gasteiger partial charge in [0.2, 0.25) is 10.0 Å². The molecule has 1 aliphatic rings. The van der Waals surface area contributed by atoms with Gasteiger partial charge in [0, 0.05) is 31.7 Å². The summed E-state index contributed by atoms with van der Waals surface area (Å²) in [6.45, 7) is 4.98. The Kier molecular flexibility index (Phi) is 5.30. The number of aryl methyl sites for hydroxylation is 2. The molecule has 1 aromatic heterocycles. The number of aromatic nitrogens is 1. The minimum absolute atomic E-state index is 0.00683. The normalized spacial score (nSPS) is 17.2. The van der Waals surface area contributed by atoms with Gasteiger partial charge in [-0.2, -0.15) is 0 Å². The Morgan fingerprint density at radius 1 is 1.39 bits per heavy atom. The smallest absolute Gasteiger partial charge is 0.317 e. The maximum atomic E-state index is 12.3. The van der Waals surface area contributed by atoms with Crippen molar-refractivity contribution in [2.24, 2.45) is 0 Å². The Balaban J connectivity index is 1.85. The quantitative estimate of drug-likeness (QED) is 0.874. The first-order valence-electron chi connectivity index (χ1n) is 7.57. The number of carbonyl (C=O) groups is 1. The molecular weight excluding hydrogens is 320 g/mol. The molecular formula is C14H24N4O4S. The van der Waals surface area contributed by atoms with Crippen LogP contribution in [0.25, 0.3) is 0 Å². The van der Waals surface area contributed by atoms with Crippen molar-refractivity contribution in [1.82, 2.24) is 19.7 Å². The maximum absolute atomic E-state index is 12.3. The number of amides is 2. The summed E-state index contributed by atoms with van der Waals surface area (Å²) in [6.07, 6.45) is 2.46. The third-order valence-corrected chi connectivity index (χ3v) is 5.48. The lowest BCUT2D eigenvalue weighted by Crippen LogP contribution is -2.49. The van der Waals surface area contributed by atoms with Crippen molar-refractivity contribution < 1.29 is 17.7 Å². The number of nitrogens with one attached hydrogen (secondary N) is 1. The number of sulfonamides is 1. The van der Waals surface area contributed by atoms with Gasteiger partial charge < -0.3 is 14.7 Å². The van der Waals surface area contributed by atoms with Crippen LogP contribution in [0.5, 0.6) is 0 Å².